The van der Waals surface area contributed by atoms with E-state index in [0.717, 1.165) is 0 Å². The Balaban J connectivity index is 2.89. The highest BCUT2D eigenvalue weighted by atomic mass is 79.9. The Bertz CT molecular complexity index is 433. The van der Waals surface area contributed by atoms with E-state index >= 15 is 0 Å². The maximum absolute atomic E-state index is 11.4. The lowest BCUT2D eigenvalue weighted by Gasteiger charge is -2.10. The second-order valence-corrected chi connectivity index (χ2v) is 4.01. The number of carbonyl (C=O) groups excluding carboxylic acids is 1. The van der Waals surface area contributed by atoms with E-state index in [2.05, 4.69) is 21.2 Å². The summed E-state index contributed by atoms with van der Waals surface area (Å²) < 4.78 is 5.45. The number of carboxylic acid groups (broad SMARTS) is 1. The first-order valence-corrected chi connectivity index (χ1v) is 5.75. The Morgan fingerprint density at radius 1 is 1.47 bits per heavy atom. The molecular weight excluding hydrogens is 290 g/mol. The van der Waals surface area contributed by atoms with Gasteiger partial charge in [0.1, 0.15) is 6.61 Å². The normalized spacial score (nSPS) is 10.0. The summed E-state index contributed by atoms with van der Waals surface area (Å²) in [7, 11) is 0. The van der Waals surface area contributed by atoms with Crippen LogP contribution in [0.1, 0.15) is 17.3 Å². The van der Waals surface area contributed by atoms with E-state index in [0.29, 0.717) is 11.1 Å². The number of amides is 1. The molecule has 0 aliphatic heterocycles. The minimum atomic E-state index is -1.10. The number of anilines is 1. The number of hydrogen-bond acceptors (Lipinski definition) is 3. The molecule has 1 amide bonds. The number of ether oxygens (including phenoxy) is 1. The average Bonchev–Trinajstić information content (AvgIpc) is 2.28. The van der Waals surface area contributed by atoms with Gasteiger partial charge in [-0.2, -0.15) is 0 Å². The van der Waals surface area contributed by atoms with Crippen molar-refractivity contribution >= 4 is 33.5 Å². The van der Waals surface area contributed by atoms with Crippen LogP contribution >= 0.6 is 15.9 Å². The quantitative estimate of drug-likeness (QED) is 0.873. The Kier molecular flexibility index (Phi) is 5.11. The molecule has 0 fully saturated rings. The third-order valence-corrected chi connectivity index (χ3v) is 2.61. The van der Waals surface area contributed by atoms with E-state index in [1.54, 1.807) is 19.1 Å². The van der Waals surface area contributed by atoms with E-state index in [1.807, 2.05) is 0 Å². The van der Waals surface area contributed by atoms with E-state index in [9.17, 15) is 9.59 Å². The second kappa shape index (κ2) is 6.36. The van der Waals surface area contributed by atoms with E-state index < -0.39 is 5.97 Å². The number of rotatable bonds is 5. The number of carboxylic acids is 1. The van der Waals surface area contributed by atoms with Gasteiger partial charge in [-0.05, 0) is 35.0 Å². The number of benzene rings is 1. The van der Waals surface area contributed by atoms with Crippen molar-refractivity contribution in [2.75, 3.05) is 18.5 Å². The molecule has 0 heterocycles. The number of aromatic carboxylic acids is 1. The zero-order valence-electron chi connectivity index (χ0n) is 9.20. The van der Waals surface area contributed by atoms with Crippen molar-refractivity contribution < 1.29 is 19.4 Å². The van der Waals surface area contributed by atoms with Crippen LogP contribution in [0.15, 0.2) is 22.7 Å². The highest BCUT2D eigenvalue weighted by Crippen LogP contribution is 2.26. The smallest absolute Gasteiger partial charge is 0.337 e. The first-order chi connectivity index (χ1) is 8.06. The molecule has 5 nitrogen and oxygen atoms in total. The third-order valence-electron chi connectivity index (χ3n) is 1.95. The summed E-state index contributed by atoms with van der Waals surface area (Å²) in [6.45, 7) is 2.10. The molecular formula is C11H12BrNO4. The van der Waals surface area contributed by atoms with Crippen LogP contribution in [-0.4, -0.2) is 30.2 Å². The maximum atomic E-state index is 11.4. The zero-order chi connectivity index (χ0) is 12.8. The van der Waals surface area contributed by atoms with Gasteiger partial charge in [0.2, 0.25) is 5.91 Å². The molecule has 92 valence electrons. The van der Waals surface area contributed by atoms with E-state index in [-0.39, 0.29) is 23.8 Å². The molecule has 0 unspecified atom stereocenters. The summed E-state index contributed by atoms with van der Waals surface area (Å²) in [6, 6.07) is 4.66. The van der Waals surface area contributed by atoms with E-state index in [4.69, 9.17) is 9.84 Å². The Labute approximate surface area is 107 Å². The fraction of sp³-hybridized carbons (Fsp3) is 0.273. The highest BCUT2D eigenvalue weighted by molar-refractivity contribution is 9.10. The van der Waals surface area contributed by atoms with Crippen molar-refractivity contribution in [3.63, 3.8) is 0 Å². The molecule has 0 aliphatic carbocycles. The van der Waals surface area contributed by atoms with Crippen LogP contribution in [-0.2, 0) is 9.53 Å². The summed E-state index contributed by atoms with van der Waals surface area (Å²) in [4.78, 5) is 22.4. The molecule has 0 saturated carbocycles. The molecule has 0 bridgehead atoms. The minimum absolute atomic E-state index is 0.0317. The molecule has 0 atom stereocenters. The van der Waals surface area contributed by atoms with Crippen molar-refractivity contribution in [2.24, 2.45) is 0 Å². The molecule has 6 heteroatoms. The molecule has 0 aromatic heterocycles. The van der Waals surface area contributed by atoms with Crippen molar-refractivity contribution in [3.05, 3.63) is 28.2 Å². The van der Waals surface area contributed by atoms with Gasteiger partial charge in [0, 0.05) is 11.1 Å². The number of hydrogen-bond donors (Lipinski definition) is 2. The molecule has 2 N–H and O–H groups in total. The fourth-order valence-electron chi connectivity index (χ4n) is 1.20. The topological polar surface area (TPSA) is 75.6 Å². The molecule has 0 aliphatic rings. The fourth-order valence-corrected chi connectivity index (χ4v) is 1.66. The lowest BCUT2D eigenvalue weighted by molar-refractivity contribution is -0.120. The van der Waals surface area contributed by atoms with Gasteiger partial charge in [0.15, 0.2) is 0 Å². The zero-order valence-corrected chi connectivity index (χ0v) is 10.8. The van der Waals surface area contributed by atoms with E-state index in [1.165, 1.54) is 6.07 Å². The maximum Gasteiger partial charge on any atom is 0.337 e. The first-order valence-electron chi connectivity index (χ1n) is 4.95. The van der Waals surface area contributed by atoms with Crippen molar-refractivity contribution in [2.45, 2.75) is 6.92 Å². The molecule has 0 saturated heterocycles. The van der Waals surface area contributed by atoms with Gasteiger partial charge >= 0.3 is 5.97 Å². The standard InChI is InChI=1S/C11H12BrNO4/c1-2-17-6-9(14)13-10-7(11(15)16)4-3-5-8(10)12/h3-5H,2,6H2,1H3,(H,13,14)(H,15,16). The Morgan fingerprint density at radius 2 is 2.18 bits per heavy atom. The highest BCUT2D eigenvalue weighted by Gasteiger charge is 2.14. The number of nitrogens with one attached hydrogen (secondary N) is 1. The van der Waals surface area contributed by atoms with Gasteiger partial charge in [-0.1, -0.05) is 6.07 Å². The largest absolute Gasteiger partial charge is 0.478 e. The first kappa shape index (κ1) is 13.7. The van der Waals surface area contributed by atoms with Crippen LogP contribution in [0.4, 0.5) is 5.69 Å². The molecule has 1 rings (SSSR count). The summed E-state index contributed by atoms with van der Waals surface area (Å²) in [5.74, 6) is -1.49. The molecule has 17 heavy (non-hydrogen) atoms. The number of carbonyl (C=O) groups is 2. The van der Waals surface area contributed by atoms with Crippen molar-refractivity contribution in [3.8, 4) is 0 Å². The van der Waals surface area contributed by atoms with Gasteiger partial charge in [-0.3, -0.25) is 4.79 Å². The molecule has 0 spiro atoms. The minimum Gasteiger partial charge on any atom is -0.478 e. The predicted molar refractivity (Wildman–Crippen MR) is 66.2 cm³/mol. The van der Waals surface area contributed by atoms with Gasteiger partial charge in [-0.15, -0.1) is 0 Å². The predicted octanol–water partition coefficient (Wildman–Crippen LogP) is 2.12. The second-order valence-electron chi connectivity index (χ2n) is 3.15. The van der Waals surface area contributed by atoms with Crippen LogP contribution in [0.3, 0.4) is 0 Å². The summed E-state index contributed by atoms with van der Waals surface area (Å²) in [5.41, 5.74) is 0.272. The van der Waals surface area contributed by atoms with Crippen LogP contribution in [0.25, 0.3) is 0 Å². The van der Waals surface area contributed by atoms with Gasteiger partial charge < -0.3 is 15.2 Å². The number of halogens is 1. The van der Waals surface area contributed by atoms with Gasteiger partial charge in [0.25, 0.3) is 0 Å². The molecule has 1 aromatic carbocycles. The van der Waals surface area contributed by atoms with Crippen LogP contribution in [0.2, 0.25) is 0 Å². The lowest BCUT2D eigenvalue weighted by Crippen LogP contribution is -2.20. The lowest BCUT2D eigenvalue weighted by atomic mass is 10.2. The SMILES string of the molecule is CCOCC(=O)Nc1c(Br)cccc1C(=O)O. The van der Waals surface area contributed by atoms with Gasteiger partial charge in [0.05, 0.1) is 11.3 Å². The van der Waals surface area contributed by atoms with Crippen LogP contribution < -0.4 is 5.32 Å². The molecule has 1 aromatic rings. The van der Waals surface area contributed by atoms with Crippen molar-refractivity contribution in [1.82, 2.24) is 0 Å². The monoisotopic (exact) mass is 301 g/mol. The van der Waals surface area contributed by atoms with Crippen LogP contribution in [0, 0.1) is 0 Å². The Hall–Kier alpha value is -1.40. The average molecular weight is 302 g/mol. The summed E-state index contributed by atoms with van der Waals surface area (Å²) in [5, 5.41) is 11.5. The third kappa shape index (κ3) is 3.83. The summed E-state index contributed by atoms with van der Waals surface area (Å²) in [6.07, 6.45) is 0. The van der Waals surface area contributed by atoms with Crippen molar-refractivity contribution in [1.29, 1.82) is 0 Å². The molecule has 0 radical (unpaired) electrons. The Morgan fingerprint density at radius 3 is 2.76 bits per heavy atom. The van der Waals surface area contributed by atoms with Crippen LogP contribution in [0.5, 0.6) is 0 Å². The summed E-state index contributed by atoms with van der Waals surface area (Å²) >= 11 is 3.19. The number of para-hydroxylation sites is 1. The van der Waals surface area contributed by atoms with Gasteiger partial charge in [-0.25, -0.2) is 4.79 Å².